The number of ether oxygens (including phenoxy) is 1. The minimum atomic E-state index is -1.07. The molecular weight excluding hydrogens is 327 g/mol. The van der Waals surface area contributed by atoms with Crippen LogP contribution in [0.1, 0.15) is 17.3 Å². The fourth-order valence-electron chi connectivity index (χ4n) is 2.09. The first-order valence-corrected chi connectivity index (χ1v) is 7.72. The zero-order chi connectivity index (χ0) is 18.2. The smallest absolute Gasteiger partial charge is 0.341 e. The van der Waals surface area contributed by atoms with E-state index in [2.05, 4.69) is 10.6 Å². The van der Waals surface area contributed by atoms with Crippen LogP contribution in [0.5, 0.6) is 0 Å². The highest BCUT2D eigenvalue weighted by molar-refractivity contribution is 5.99. The largest absolute Gasteiger partial charge is 0.449 e. The van der Waals surface area contributed by atoms with Gasteiger partial charge in [0.25, 0.3) is 5.91 Å². The number of hydrogen-bond donors (Lipinski definition) is 3. The Balaban J connectivity index is 2.01. The molecule has 2 aromatic rings. The van der Waals surface area contributed by atoms with Gasteiger partial charge in [0.2, 0.25) is 0 Å². The molecule has 2 aromatic carbocycles. The van der Waals surface area contributed by atoms with Crippen molar-refractivity contribution in [1.82, 2.24) is 0 Å². The molecular formula is C18H19FN2O4. The Morgan fingerprint density at radius 2 is 1.96 bits per heavy atom. The number of halogens is 1. The van der Waals surface area contributed by atoms with E-state index in [4.69, 9.17) is 9.84 Å². The Hall–Kier alpha value is -2.93. The van der Waals surface area contributed by atoms with E-state index in [0.29, 0.717) is 5.69 Å². The molecule has 3 N–H and O–H groups in total. The van der Waals surface area contributed by atoms with Crippen molar-refractivity contribution in [3.8, 4) is 0 Å². The number of aliphatic hydroxyl groups excluding tert-OH is 1. The normalized spacial score (nSPS) is 11.5. The first kappa shape index (κ1) is 18.4. The molecule has 0 saturated heterocycles. The van der Waals surface area contributed by atoms with Crippen LogP contribution in [0.3, 0.4) is 0 Å². The van der Waals surface area contributed by atoms with Crippen LogP contribution in [0.2, 0.25) is 0 Å². The van der Waals surface area contributed by atoms with Crippen LogP contribution in [0.15, 0.2) is 48.5 Å². The molecule has 0 heterocycles. The minimum Gasteiger partial charge on any atom is -0.449 e. The number of anilines is 2. The molecule has 1 amide bonds. The molecule has 25 heavy (non-hydrogen) atoms. The van der Waals surface area contributed by atoms with E-state index in [0.717, 1.165) is 0 Å². The summed E-state index contributed by atoms with van der Waals surface area (Å²) in [7, 11) is 0. The van der Waals surface area contributed by atoms with E-state index in [1.165, 1.54) is 31.2 Å². The fraction of sp³-hybridized carbons (Fsp3) is 0.222. The Labute approximate surface area is 144 Å². The maximum atomic E-state index is 13.1. The molecule has 0 aliphatic heterocycles. The first-order chi connectivity index (χ1) is 12.0. The number of para-hydroxylation sites is 1. The summed E-state index contributed by atoms with van der Waals surface area (Å²) in [6.07, 6.45) is -1.07. The van der Waals surface area contributed by atoms with E-state index in [1.807, 2.05) is 0 Å². The van der Waals surface area contributed by atoms with Crippen molar-refractivity contribution in [3.05, 3.63) is 59.9 Å². The van der Waals surface area contributed by atoms with Gasteiger partial charge in [-0.25, -0.2) is 9.18 Å². The van der Waals surface area contributed by atoms with Gasteiger partial charge in [0, 0.05) is 17.9 Å². The average molecular weight is 346 g/mol. The van der Waals surface area contributed by atoms with Crippen molar-refractivity contribution < 1.29 is 23.8 Å². The highest BCUT2D eigenvalue weighted by Crippen LogP contribution is 2.17. The number of nitrogens with one attached hydrogen (secondary N) is 2. The standard InChI is InChI=1S/C18H19FN2O4/c1-12(17(23)21-14-6-4-5-13(19)11-14)25-18(24)15-7-2-3-8-16(15)20-9-10-22/h2-8,11-12,20,22H,9-10H2,1H3,(H,21,23)/t12-/m0/s1. The van der Waals surface area contributed by atoms with Crippen LogP contribution < -0.4 is 10.6 Å². The maximum Gasteiger partial charge on any atom is 0.341 e. The summed E-state index contributed by atoms with van der Waals surface area (Å²) in [6.45, 7) is 1.62. The number of carbonyl (C=O) groups excluding carboxylic acids is 2. The Morgan fingerprint density at radius 1 is 1.20 bits per heavy atom. The summed E-state index contributed by atoms with van der Waals surface area (Å²) in [5, 5.41) is 14.3. The third kappa shape index (κ3) is 5.29. The van der Waals surface area contributed by atoms with Gasteiger partial charge in [-0.1, -0.05) is 18.2 Å². The molecule has 132 valence electrons. The molecule has 0 saturated carbocycles. The highest BCUT2D eigenvalue weighted by atomic mass is 19.1. The van der Waals surface area contributed by atoms with Gasteiger partial charge in [-0.3, -0.25) is 4.79 Å². The van der Waals surface area contributed by atoms with Crippen LogP contribution in [0.25, 0.3) is 0 Å². The van der Waals surface area contributed by atoms with Crippen molar-refractivity contribution in [3.63, 3.8) is 0 Å². The van der Waals surface area contributed by atoms with Crippen molar-refractivity contribution >= 4 is 23.3 Å². The lowest BCUT2D eigenvalue weighted by molar-refractivity contribution is -0.123. The van der Waals surface area contributed by atoms with E-state index >= 15 is 0 Å². The second-order valence-electron chi connectivity index (χ2n) is 5.24. The van der Waals surface area contributed by atoms with Crippen molar-refractivity contribution in [2.45, 2.75) is 13.0 Å². The van der Waals surface area contributed by atoms with Gasteiger partial charge in [0.15, 0.2) is 6.10 Å². The predicted octanol–water partition coefficient (Wildman–Crippen LogP) is 2.41. The molecule has 0 bridgehead atoms. The number of benzene rings is 2. The van der Waals surface area contributed by atoms with Gasteiger partial charge >= 0.3 is 5.97 Å². The minimum absolute atomic E-state index is 0.0875. The van der Waals surface area contributed by atoms with Crippen LogP contribution in [-0.4, -0.2) is 36.2 Å². The van der Waals surface area contributed by atoms with Gasteiger partial charge in [-0.05, 0) is 37.3 Å². The van der Waals surface area contributed by atoms with Crippen molar-refractivity contribution in [1.29, 1.82) is 0 Å². The van der Waals surface area contributed by atoms with E-state index < -0.39 is 23.8 Å². The summed E-state index contributed by atoms with van der Waals surface area (Å²) in [5.41, 5.74) is 1.03. The zero-order valence-electron chi connectivity index (χ0n) is 13.7. The molecule has 0 aliphatic rings. The van der Waals surface area contributed by atoms with Gasteiger partial charge < -0.3 is 20.5 Å². The summed E-state index contributed by atoms with van der Waals surface area (Å²) >= 11 is 0. The molecule has 6 nitrogen and oxygen atoms in total. The second-order valence-corrected chi connectivity index (χ2v) is 5.24. The average Bonchev–Trinajstić information content (AvgIpc) is 2.60. The van der Waals surface area contributed by atoms with Gasteiger partial charge in [-0.15, -0.1) is 0 Å². The van der Waals surface area contributed by atoms with Crippen LogP contribution in [0, 0.1) is 5.82 Å². The Kier molecular flexibility index (Phi) is 6.47. The van der Waals surface area contributed by atoms with E-state index in [9.17, 15) is 14.0 Å². The molecule has 0 fully saturated rings. The molecule has 0 unspecified atom stereocenters. The zero-order valence-corrected chi connectivity index (χ0v) is 13.7. The Bertz CT molecular complexity index is 751. The topological polar surface area (TPSA) is 87.7 Å². The molecule has 0 radical (unpaired) electrons. The summed E-state index contributed by atoms with van der Waals surface area (Å²) in [4.78, 5) is 24.4. The summed E-state index contributed by atoms with van der Waals surface area (Å²) in [5.74, 6) is -1.73. The maximum absolute atomic E-state index is 13.1. The monoisotopic (exact) mass is 346 g/mol. The van der Waals surface area contributed by atoms with Gasteiger partial charge in [0.05, 0.1) is 12.2 Å². The quantitative estimate of drug-likeness (QED) is 0.670. The molecule has 7 heteroatoms. The van der Waals surface area contributed by atoms with Gasteiger partial charge in [0.1, 0.15) is 5.82 Å². The number of rotatable bonds is 7. The van der Waals surface area contributed by atoms with Gasteiger partial charge in [-0.2, -0.15) is 0 Å². The fourth-order valence-corrected chi connectivity index (χ4v) is 2.09. The molecule has 0 aromatic heterocycles. The highest BCUT2D eigenvalue weighted by Gasteiger charge is 2.21. The van der Waals surface area contributed by atoms with E-state index in [-0.39, 0.29) is 24.4 Å². The second kappa shape index (κ2) is 8.79. The molecule has 0 aliphatic carbocycles. The predicted molar refractivity (Wildman–Crippen MR) is 91.9 cm³/mol. The Morgan fingerprint density at radius 3 is 2.68 bits per heavy atom. The summed E-state index contributed by atoms with van der Waals surface area (Å²) in [6, 6.07) is 12.0. The van der Waals surface area contributed by atoms with E-state index in [1.54, 1.807) is 24.3 Å². The third-order valence-corrected chi connectivity index (χ3v) is 3.32. The molecule has 1 atom stereocenters. The number of carbonyl (C=O) groups is 2. The SMILES string of the molecule is C[C@H](OC(=O)c1ccccc1NCCO)C(=O)Nc1cccc(F)c1. The lowest BCUT2D eigenvalue weighted by Crippen LogP contribution is -2.30. The van der Waals surface area contributed by atoms with Crippen LogP contribution in [0.4, 0.5) is 15.8 Å². The lowest BCUT2D eigenvalue weighted by Gasteiger charge is -2.15. The number of esters is 1. The molecule has 0 spiro atoms. The lowest BCUT2D eigenvalue weighted by atomic mass is 10.1. The summed E-state index contributed by atoms with van der Waals surface area (Å²) < 4.78 is 18.3. The molecule has 2 rings (SSSR count). The van der Waals surface area contributed by atoms with Crippen molar-refractivity contribution in [2.75, 3.05) is 23.8 Å². The first-order valence-electron chi connectivity index (χ1n) is 7.72. The number of hydrogen-bond acceptors (Lipinski definition) is 5. The third-order valence-electron chi connectivity index (χ3n) is 3.32. The van der Waals surface area contributed by atoms with Crippen LogP contribution >= 0.6 is 0 Å². The van der Waals surface area contributed by atoms with Crippen molar-refractivity contribution in [2.24, 2.45) is 0 Å². The number of aliphatic hydroxyl groups is 1. The van der Waals surface area contributed by atoms with Crippen LogP contribution in [-0.2, 0) is 9.53 Å². The number of amides is 1.